The van der Waals surface area contributed by atoms with Crippen LogP contribution in [-0.2, 0) is 16.2 Å². The van der Waals surface area contributed by atoms with Crippen molar-refractivity contribution in [1.29, 1.82) is 0 Å². The molecule has 0 saturated heterocycles. The molecule has 4 nitrogen and oxygen atoms in total. The van der Waals surface area contributed by atoms with Crippen LogP contribution >= 0.6 is 0 Å². The van der Waals surface area contributed by atoms with Crippen molar-refractivity contribution >= 4 is 15.7 Å². The van der Waals surface area contributed by atoms with E-state index in [9.17, 15) is 26.0 Å². The van der Waals surface area contributed by atoms with Crippen LogP contribution in [0.3, 0.4) is 0 Å². The fourth-order valence-corrected chi connectivity index (χ4v) is 4.66. The number of rotatable bonds is 4. The zero-order chi connectivity index (χ0) is 22.2. The minimum absolute atomic E-state index is 0.0277. The van der Waals surface area contributed by atoms with Gasteiger partial charge >= 0.3 is 6.18 Å². The molecule has 1 aliphatic heterocycles. The number of hydrogen-bond acceptors (Lipinski definition) is 3. The minimum Gasteiger partial charge on any atom is -0.207 e. The Morgan fingerprint density at radius 1 is 0.871 bits per heavy atom. The topological polar surface area (TPSA) is 49.7 Å². The summed E-state index contributed by atoms with van der Waals surface area (Å²) in [5.74, 6) is -0.858. The average Bonchev–Trinajstić information content (AvgIpc) is 3.21. The van der Waals surface area contributed by atoms with Crippen LogP contribution in [0.2, 0.25) is 0 Å². The summed E-state index contributed by atoms with van der Waals surface area (Å²) >= 11 is 0. The van der Waals surface area contributed by atoms with Crippen molar-refractivity contribution in [3.8, 4) is 0 Å². The van der Waals surface area contributed by atoms with Crippen LogP contribution in [0.25, 0.3) is 0 Å². The first-order valence-corrected chi connectivity index (χ1v) is 10.7. The lowest BCUT2D eigenvalue weighted by molar-refractivity contribution is -0.137. The molecule has 3 aromatic rings. The number of sulfonamides is 1. The highest BCUT2D eigenvalue weighted by Gasteiger charge is 2.37. The van der Waals surface area contributed by atoms with E-state index in [1.165, 1.54) is 24.3 Å². The predicted octanol–water partition coefficient (Wildman–Crippen LogP) is 5.04. The molecule has 4 rings (SSSR count). The number of benzene rings is 3. The van der Waals surface area contributed by atoms with E-state index < -0.39 is 33.5 Å². The third-order valence-corrected chi connectivity index (χ3v) is 6.64. The predicted molar refractivity (Wildman–Crippen MR) is 107 cm³/mol. The van der Waals surface area contributed by atoms with Crippen LogP contribution in [-0.4, -0.2) is 25.1 Å². The second-order valence-corrected chi connectivity index (χ2v) is 8.83. The SMILES string of the molecule is O=S(=O)(c1ccc(C(F)(F)F)cc1)N1CC(c2ccccc2)C(c2ccc(F)cc2)=N1. The van der Waals surface area contributed by atoms with Gasteiger partial charge in [0.05, 0.1) is 22.7 Å². The normalized spacial score (nSPS) is 17.0. The Morgan fingerprint density at radius 2 is 1.48 bits per heavy atom. The molecule has 31 heavy (non-hydrogen) atoms. The zero-order valence-electron chi connectivity index (χ0n) is 15.9. The molecule has 1 atom stereocenters. The number of alkyl halides is 3. The van der Waals surface area contributed by atoms with E-state index in [0.29, 0.717) is 11.3 Å². The first-order valence-electron chi connectivity index (χ1n) is 9.25. The molecule has 160 valence electrons. The van der Waals surface area contributed by atoms with E-state index in [-0.39, 0.29) is 11.4 Å². The van der Waals surface area contributed by atoms with Crippen molar-refractivity contribution in [3.05, 3.63) is 101 Å². The number of hydrazone groups is 1. The highest BCUT2D eigenvalue weighted by Crippen LogP contribution is 2.34. The van der Waals surface area contributed by atoms with Gasteiger partial charge in [-0.05, 0) is 47.5 Å². The molecule has 1 unspecified atom stereocenters. The summed E-state index contributed by atoms with van der Waals surface area (Å²) in [6.07, 6.45) is -4.57. The van der Waals surface area contributed by atoms with Crippen LogP contribution < -0.4 is 0 Å². The van der Waals surface area contributed by atoms with Crippen LogP contribution in [0.4, 0.5) is 17.6 Å². The van der Waals surface area contributed by atoms with E-state index >= 15 is 0 Å². The monoisotopic (exact) mass is 448 g/mol. The van der Waals surface area contributed by atoms with Gasteiger partial charge in [0.1, 0.15) is 5.82 Å². The molecule has 1 aliphatic rings. The molecule has 0 saturated carbocycles. The Morgan fingerprint density at radius 3 is 2.06 bits per heavy atom. The van der Waals surface area contributed by atoms with Gasteiger partial charge in [-0.1, -0.05) is 42.5 Å². The maximum absolute atomic E-state index is 13.4. The summed E-state index contributed by atoms with van der Waals surface area (Å²) in [5.41, 5.74) is 0.864. The first-order chi connectivity index (χ1) is 14.7. The molecule has 0 bridgehead atoms. The van der Waals surface area contributed by atoms with E-state index in [1.807, 2.05) is 30.3 Å². The molecular formula is C22H16F4N2O2S. The molecule has 3 aromatic carbocycles. The van der Waals surface area contributed by atoms with Gasteiger partial charge in [-0.25, -0.2) is 4.39 Å². The molecule has 0 spiro atoms. The van der Waals surface area contributed by atoms with Crippen molar-refractivity contribution in [2.75, 3.05) is 6.54 Å². The fraction of sp³-hybridized carbons (Fsp3) is 0.136. The molecule has 0 amide bonds. The van der Waals surface area contributed by atoms with Gasteiger partial charge in [-0.3, -0.25) is 0 Å². The Bertz CT molecular complexity index is 1210. The van der Waals surface area contributed by atoms with Crippen molar-refractivity contribution in [3.63, 3.8) is 0 Å². The molecule has 1 heterocycles. The molecule has 0 aliphatic carbocycles. The Kier molecular flexibility index (Phi) is 5.30. The van der Waals surface area contributed by atoms with Crippen LogP contribution in [0, 0.1) is 5.82 Å². The van der Waals surface area contributed by atoms with Gasteiger partial charge < -0.3 is 0 Å². The second-order valence-electron chi connectivity index (χ2n) is 6.99. The third kappa shape index (κ3) is 4.18. The van der Waals surface area contributed by atoms with Crippen molar-refractivity contribution in [1.82, 2.24) is 4.41 Å². The number of nitrogens with zero attached hydrogens (tertiary/aromatic N) is 2. The van der Waals surface area contributed by atoms with Gasteiger partial charge in [0.15, 0.2) is 0 Å². The van der Waals surface area contributed by atoms with Crippen LogP contribution in [0.5, 0.6) is 0 Å². The summed E-state index contributed by atoms with van der Waals surface area (Å²) < 4.78 is 78.9. The summed E-state index contributed by atoms with van der Waals surface area (Å²) in [5, 5.41) is 4.28. The smallest absolute Gasteiger partial charge is 0.207 e. The molecule has 0 fully saturated rings. The lowest BCUT2D eigenvalue weighted by atomic mass is 9.91. The van der Waals surface area contributed by atoms with E-state index in [2.05, 4.69) is 5.10 Å². The molecule has 0 N–H and O–H groups in total. The standard InChI is InChI=1S/C22H16F4N2O2S/c23-18-10-6-16(7-11-18)21-20(15-4-2-1-3-5-15)14-28(27-21)31(29,30)19-12-8-17(9-13-19)22(24,25)26/h1-13,20H,14H2. The largest absolute Gasteiger partial charge is 0.416 e. The van der Waals surface area contributed by atoms with Crippen molar-refractivity contribution < 1.29 is 26.0 Å². The zero-order valence-corrected chi connectivity index (χ0v) is 16.7. The van der Waals surface area contributed by atoms with Crippen LogP contribution in [0.15, 0.2) is 88.9 Å². The van der Waals surface area contributed by atoms with Gasteiger partial charge in [0.25, 0.3) is 10.0 Å². The maximum atomic E-state index is 13.4. The number of hydrogen-bond donors (Lipinski definition) is 0. The Balaban J connectivity index is 1.73. The van der Waals surface area contributed by atoms with Gasteiger partial charge in [-0.15, -0.1) is 0 Å². The van der Waals surface area contributed by atoms with E-state index in [1.54, 1.807) is 0 Å². The molecule has 9 heteroatoms. The molecular weight excluding hydrogens is 432 g/mol. The lowest BCUT2D eigenvalue weighted by Crippen LogP contribution is -2.26. The van der Waals surface area contributed by atoms with Crippen molar-refractivity contribution in [2.24, 2.45) is 5.10 Å². The Hall–Kier alpha value is -3.20. The van der Waals surface area contributed by atoms with E-state index in [0.717, 1.165) is 34.2 Å². The highest BCUT2D eigenvalue weighted by molar-refractivity contribution is 7.89. The fourth-order valence-electron chi connectivity index (χ4n) is 3.39. The highest BCUT2D eigenvalue weighted by atomic mass is 32.2. The Labute approximate surface area is 176 Å². The molecule has 0 radical (unpaired) electrons. The summed E-state index contributed by atoms with van der Waals surface area (Å²) in [6, 6.07) is 17.9. The summed E-state index contributed by atoms with van der Waals surface area (Å²) in [6.45, 7) is -0.0277. The van der Waals surface area contributed by atoms with Crippen LogP contribution in [0.1, 0.15) is 22.6 Å². The summed E-state index contributed by atoms with van der Waals surface area (Å²) in [4.78, 5) is -0.295. The first kappa shape index (κ1) is 21.0. The average molecular weight is 448 g/mol. The molecule has 0 aromatic heterocycles. The van der Waals surface area contributed by atoms with Crippen molar-refractivity contribution in [2.45, 2.75) is 17.0 Å². The van der Waals surface area contributed by atoms with Gasteiger partial charge in [0.2, 0.25) is 0 Å². The lowest BCUT2D eigenvalue weighted by Gasteiger charge is -2.17. The summed E-state index contributed by atoms with van der Waals surface area (Å²) in [7, 11) is -4.19. The van der Waals surface area contributed by atoms with Gasteiger partial charge in [0, 0.05) is 5.92 Å². The third-order valence-electron chi connectivity index (χ3n) is 4.99. The van der Waals surface area contributed by atoms with E-state index in [4.69, 9.17) is 0 Å². The quantitative estimate of drug-likeness (QED) is 0.526. The maximum Gasteiger partial charge on any atom is 0.416 e. The minimum atomic E-state index is -4.57. The van der Waals surface area contributed by atoms with Gasteiger partial charge in [-0.2, -0.15) is 31.1 Å². The second kappa shape index (κ2) is 7.81. The number of halogens is 4.